The molecule has 0 saturated heterocycles. The SMILES string of the molecule is CN=C(NCCCn1ccc2ccccc21)NCc1ccccc1COC. The van der Waals surface area contributed by atoms with Crippen molar-refractivity contribution in [2.24, 2.45) is 4.99 Å². The standard InChI is InChI=1S/C22H28N4O/c1-23-22(25-16-19-9-3-4-10-20(19)17-27-2)24-13-7-14-26-15-12-18-8-5-6-11-21(18)26/h3-6,8-12,15H,7,13-14,16-17H2,1-2H3,(H2,23,24,25). The molecule has 0 aliphatic rings. The quantitative estimate of drug-likeness (QED) is 0.365. The zero-order valence-electron chi connectivity index (χ0n) is 16.1. The van der Waals surface area contributed by atoms with Gasteiger partial charge in [-0.05, 0) is 35.1 Å². The van der Waals surface area contributed by atoms with Gasteiger partial charge in [0.1, 0.15) is 0 Å². The maximum atomic E-state index is 5.27. The molecule has 0 aliphatic heterocycles. The number of aliphatic imine (C=N–C) groups is 1. The summed E-state index contributed by atoms with van der Waals surface area (Å²) >= 11 is 0. The van der Waals surface area contributed by atoms with Crippen LogP contribution in [0.15, 0.2) is 65.8 Å². The first kappa shape index (κ1) is 19.0. The molecule has 0 amide bonds. The van der Waals surface area contributed by atoms with Crippen LogP contribution in [0.3, 0.4) is 0 Å². The van der Waals surface area contributed by atoms with Crippen LogP contribution in [0, 0.1) is 0 Å². The second-order valence-corrected chi connectivity index (χ2v) is 6.48. The minimum atomic E-state index is 0.620. The molecule has 0 saturated carbocycles. The molecule has 142 valence electrons. The van der Waals surface area contributed by atoms with Gasteiger partial charge in [-0.3, -0.25) is 4.99 Å². The van der Waals surface area contributed by atoms with Crippen molar-refractivity contribution in [3.8, 4) is 0 Å². The van der Waals surface area contributed by atoms with Crippen LogP contribution in [0.5, 0.6) is 0 Å². The molecule has 5 nitrogen and oxygen atoms in total. The summed E-state index contributed by atoms with van der Waals surface area (Å²) in [6.45, 7) is 3.19. The van der Waals surface area contributed by atoms with Gasteiger partial charge in [-0.15, -0.1) is 0 Å². The summed E-state index contributed by atoms with van der Waals surface area (Å²) in [6, 6.07) is 18.9. The van der Waals surface area contributed by atoms with Gasteiger partial charge in [0.25, 0.3) is 0 Å². The molecule has 5 heteroatoms. The fraction of sp³-hybridized carbons (Fsp3) is 0.318. The van der Waals surface area contributed by atoms with Crippen molar-refractivity contribution in [1.29, 1.82) is 0 Å². The number of aromatic nitrogens is 1. The monoisotopic (exact) mass is 364 g/mol. The van der Waals surface area contributed by atoms with E-state index in [-0.39, 0.29) is 0 Å². The van der Waals surface area contributed by atoms with E-state index >= 15 is 0 Å². The minimum absolute atomic E-state index is 0.620. The summed E-state index contributed by atoms with van der Waals surface area (Å²) in [4.78, 5) is 4.32. The predicted molar refractivity (Wildman–Crippen MR) is 112 cm³/mol. The number of fused-ring (bicyclic) bond motifs is 1. The molecule has 0 spiro atoms. The average Bonchev–Trinajstić information content (AvgIpc) is 3.12. The van der Waals surface area contributed by atoms with Gasteiger partial charge in [-0.2, -0.15) is 0 Å². The van der Waals surface area contributed by atoms with Crippen LogP contribution in [-0.4, -0.2) is 31.2 Å². The number of guanidine groups is 1. The van der Waals surface area contributed by atoms with Crippen molar-refractivity contribution in [2.45, 2.75) is 26.1 Å². The number of hydrogen-bond donors (Lipinski definition) is 2. The first-order valence-electron chi connectivity index (χ1n) is 9.36. The van der Waals surface area contributed by atoms with Crippen LogP contribution in [0.4, 0.5) is 0 Å². The fourth-order valence-electron chi connectivity index (χ4n) is 3.22. The van der Waals surface area contributed by atoms with Crippen LogP contribution in [0.2, 0.25) is 0 Å². The predicted octanol–water partition coefficient (Wildman–Crippen LogP) is 3.54. The van der Waals surface area contributed by atoms with Crippen molar-refractivity contribution in [3.05, 3.63) is 71.9 Å². The van der Waals surface area contributed by atoms with Crippen LogP contribution < -0.4 is 10.6 Å². The van der Waals surface area contributed by atoms with Crippen molar-refractivity contribution >= 4 is 16.9 Å². The number of hydrogen-bond acceptors (Lipinski definition) is 2. The van der Waals surface area contributed by atoms with Crippen molar-refractivity contribution < 1.29 is 4.74 Å². The van der Waals surface area contributed by atoms with Gasteiger partial charge >= 0.3 is 0 Å². The zero-order valence-corrected chi connectivity index (χ0v) is 16.1. The van der Waals surface area contributed by atoms with Crippen molar-refractivity contribution in [2.75, 3.05) is 20.7 Å². The minimum Gasteiger partial charge on any atom is -0.380 e. The van der Waals surface area contributed by atoms with Crippen LogP contribution in [0.25, 0.3) is 10.9 Å². The number of nitrogens with one attached hydrogen (secondary N) is 2. The number of ether oxygens (including phenoxy) is 1. The fourth-order valence-corrected chi connectivity index (χ4v) is 3.22. The second-order valence-electron chi connectivity index (χ2n) is 6.48. The Morgan fingerprint density at radius 1 is 1.00 bits per heavy atom. The van der Waals surface area contributed by atoms with Gasteiger partial charge in [0, 0.05) is 45.5 Å². The molecule has 3 rings (SSSR count). The summed E-state index contributed by atoms with van der Waals surface area (Å²) in [6.07, 6.45) is 3.18. The van der Waals surface area contributed by atoms with E-state index in [4.69, 9.17) is 4.74 Å². The van der Waals surface area contributed by atoms with E-state index in [0.29, 0.717) is 6.61 Å². The lowest BCUT2D eigenvalue weighted by molar-refractivity contribution is 0.184. The smallest absolute Gasteiger partial charge is 0.191 e. The lowest BCUT2D eigenvalue weighted by atomic mass is 10.1. The van der Waals surface area contributed by atoms with E-state index in [1.165, 1.54) is 22.0 Å². The van der Waals surface area contributed by atoms with E-state index in [2.05, 4.69) is 68.9 Å². The van der Waals surface area contributed by atoms with E-state index in [0.717, 1.165) is 32.0 Å². The molecular formula is C22H28N4O. The molecule has 0 aliphatic carbocycles. The third-order valence-corrected chi connectivity index (χ3v) is 4.64. The van der Waals surface area contributed by atoms with E-state index in [1.54, 1.807) is 14.2 Å². The third-order valence-electron chi connectivity index (χ3n) is 4.64. The van der Waals surface area contributed by atoms with Crippen molar-refractivity contribution in [3.63, 3.8) is 0 Å². The Hall–Kier alpha value is -2.79. The molecule has 0 radical (unpaired) electrons. The summed E-state index contributed by atoms with van der Waals surface area (Å²) in [5.41, 5.74) is 3.71. The molecule has 0 bridgehead atoms. The van der Waals surface area contributed by atoms with E-state index in [9.17, 15) is 0 Å². The normalized spacial score (nSPS) is 11.7. The second kappa shape index (κ2) is 9.78. The number of aryl methyl sites for hydroxylation is 1. The highest BCUT2D eigenvalue weighted by atomic mass is 16.5. The first-order chi connectivity index (χ1) is 13.3. The van der Waals surface area contributed by atoms with Crippen LogP contribution in [-0.2, 0) is 24.4 Å². The average molecular weight is 364 g/mol. The topological polar surface area (TPSA) is 50.6 Å². The molecule has 1 aromatic heterocycles. The maximum absolute atomic E-state index is 5.27. The summed E-state index contributed by atoms with van der Waals surface area (Å²) in [5.74, 6) is 0.819. The molecule has 2 N–H and O–H groups in total. The van der Waals surface area contributed by atoms with Crippen molar-refractivity contribution in [1.82, 2.24) is 15.2 Å². The first-order valence-corrected chi connectivity index (χ1v) is 9.36. The lowest BCUT2D eigenvalue weighted by Crippen LogP contribution is -2.37. The number of methoxy groups -OCH3 is 1. The molecule has 0 atom stereocenters. The van der Waals surface area contributed by atoms with Gasteiger partial charge in [-0.25, -0.2) is 0 Å². The largest absolute Gasteiger partial charge is 0.380 e. The highest BCUT2D eigenvalue weighted by Gasteiger charge is 2.04. The number of para-hydroxylation sites is 1. The Bertz CT molecular complexity index is 885. The summed E-state index contributed by atoms with van der Waals surface area (Å²) < 4.78 is 7.57. The van der Waals surface area contributed by atoms with Crippen LogP contribution >= 0.6 is 0 Å². The molecule has 27 heavy (non-hydrogen) atoms. The number of rotatable bonds is 8. The van der Waals surface area contributed by atoms with Gasteiger partial charge in [0.2, 0.25) is 0 Å². The van der Waals surface area contributed by atoms with Gasteiger partial charge in [0.15, 0.2) is 5.96 Å². The molecule has 2 aromatic carbocycles. The van der Waals surface area contributed by atoms with E-state index < -0.39 is 0 Å². The Morgan fingerprint density at radius 3 is 2.59 bits per heavy atom. The Morgan fingerprint density at radius 2 is 1.78 bits per heavy atom. The maximum Gasteiger partial charge on any atom is 0.191 e. The summed E-state index contributed by atoms with van der Waals surface area (Å²) in [5, 5.41) is 8.07. The number of benzene rings is 2. The highest BCUT2D eigenvalue weighted by molar-refractivity contribution is 5.80. The van der Waals surface area contributed by atoms with Gasteiger partial charge in [0.05, 0.1) is 6.61 Å². The highest BCUT2D eigenvalue weighted by Crippen LogP contribution is 2.15. The van der Waals surface area contributed by atoms with Crippen LogP contribution in [0.1, 0.15) is 17.5 Å². The molecule has 0 unspecified atom stereocenters. The van der Waals surface area contributed by atoms with E-state index in [1.807, 2.05) is 12.1 Å². The van der Waals surface area contributed by atoms with Gasteiger partial charge < -0.3 is 19.9 Å². The lowest BCUT2D eigenvalue weighted by Gasteiger charge is -2.14. The molecular weight excluding hydrogens is 336 g/mol. The Balaban J connectivity index is 1.46. The number of nitrogens with zero attached hydrogens (tertiary/aromatic N) is 2. The Kier molecular flexibility index (Phi) is 6.88. The molecule has 3 aromatic rings. The molecule has 0 fully saturated rings. The zero-order chi connectivity index (χ0) is 18.9. The summed E-state index contributed by atoms with van der Waals surface area (Å²) in [7, 11) is 3.52. The Labute approximate surface area is 161 Å². The molecule has 1 heterocycles. The van der Waals surface area contributed by atoms with Gasteiger partial charge in [-0.1, -0.05) is 42.5 Å². The third kappa shape index (κ3) is 5.11.